The third-order valence-electron chi connectivity index (χ3n) is 3.05. The highest BCUT2D eigenvalue weighted by Crippen LogP contribution is 2.12. The summed E-state index contributed by atoms with van der Waals surface area (Å²) in [4.78, 5) is 11.6. The van der Waals surface area contributed by atoms with Crippen LogP contribution in [0.15, 0.2) is 48.5 Å². The molecule has 4 nitrogen and oxygen atoms in total. The maximum atomic E-state index is 13.0. The molecule has 0 aliphatic heterocycles. The van der Waals surface area contributed by atoms with Crippen LogP contribution in [0, 0.1) is 11.6 Å². The summed E-state index contributed by atoms with van der Waals surface area (Å²) in [7, 11) is 0. The second kappa shape index (κ2) is 7.51. The lowest BCUT2D eigenvalue weighted by Gasteiger charge is -2.13. The van der Waals surface area contributed by atoms with Crippen LogP contribution in [-0.2, 0) is 6.54 Å². The SMILES string of the molecule is O=C(NCc1cccc(F)c1)NCC(O)c1ccc(F)cc1. The van der Waals surface area contributed by atoms with Gasteiger partial charge < -0.3 is 15.7 Å². The lowest BCUT2D eigenvalue weighted by atomic mass is 10.1. The average Bonchev–Trinajstić information content (AvgIpc) is 2.51. The van der Waals surface area contributed by atoms with Gasteiger partial charge in [-0.2, -0.15) is 0 Å². The van der Waals surface area contributed by atoms with Crippen molar-refractivity contribution in [2.45, 2.75) is 12.6 Å². The first-order valence-corrected chi connectivity index (χ1v) is 6.74. The van der Waals surface area contributed by atoms with Crippen LogP contribution in [-0.4, -0.2) is 17.7 Å². The molecular weight excluding hydrogens is 290 g/mol. The molecule has 0 aliphatic carbocycles. The number of nitrogens with one attached hydrogen (secondary N) is 2. The first-order valence-electron chi connectivity index (χ1n) is 6.74. The van der Waals surface area contributed by atoms with Crippen LogP contribution in [0.2, 0.25) is 0 Å². The highest BCUT2D eigenvalue weighted by Gasteiger charge is 2.09. The minimum Gasteiger partial charge on any atom is -0.387 e. The topological polar surface area (TPSA) is 61.4 Å². The maximum Gasteiger partial charge on any atom is 0.315 e. The van der Waals surface area contributed by atoms with Crippen molar-refractivity contribution in [2.75, 3.05) is 6.54 Å². The summed E-state index contributed by atoms with van der Waals surface area (Å²) in [5.41, 5.74) is 1.14. The van der Waals surface area contributed by atoms with E-state index in [0.717, 1.165) is 0 Å². The van der Waals surface area contributed by atoms with Gasteiger partial charge in [0.25, 0.3) is 0 Å². The van der Waals surface area contributed by atoms with E-state index in [-0.39, 0.29) is 18.9 Å². The van der Waals surface area contributed by atoms with Gasteiger partial charge in [0.15, 0.2) is 0 Å². The molecule has 1 atom stereocenters. The fourth-order valence-electron chi connectivity index (χ4n) is 1.88. The van der Waals surface area contributed by atoms with Gasteiger partial charge in [0, 0.05) is 13.1 Å². The normalized spacial score (nSPS) is 11.8. The molecule has 6 heteroatoms. The first kappa shape index (κ1) is 15.9. The molecule has 0 spiro atoms. The summed E-state index contributed by atoms with van der Waals surface area (Å²) in [5, 5.41) is 14.9. The summed E-state index contributed by atoms with van der Waals surface area (Å²) < 4.78 is 25.7. The predicted molar refractivity (Wildman–Crippen MR) is 78.0 cm³/mol. The summed E-state index contributed by atoms with van der Waals surface area (Å²) in [6, 6.07) is 10.8. The molecule has 2 aromatic rings. The van der Waals surface area contributed by atoms with E-state index in [1.54, 1.807) is 12.1 Å². The molecule has 2 amide bonds. The zero-order valence-corrected chi connectivity index (χ0v) is 11.7. The Balaban J connectivity index is 1.76. The number of carbonyl (C=O) groups excluding carboxylic acids is 1. The zero-order valence-electron chi connectivity index (χ0n) is 11.7. The highest BCUT2D eigenvalue weighted by atomic mass is 19.1. The van der Waals surface area contributed by atoms with Crippen molar-refractivity contribution in [1.29, 1.82) is 0 Å². The van der Waals surface area contributed by atoms with Crippen LogP contribution in [0.5, 0.6) is 0 Å². The summed E-state index contributed by atoms with van der Waals surface area (Å²) in [6.45, 7) is 0.164. The van der Waals surface area contributed by atoms with Gasteiger partial charge >= 0.3 is 6.03 Å². The Morgan fingerprint density at radius 3 is 2.45 bits per heavy atom. The van der Waals surface area contributed by atoms with E-state index in [2.05, 4.69) is 10.6 Å². The largest absolute Gasteiger partial charge is 0.387 e. The van der Waals surface area contributed by atoms with Crippen molar-refractivity contribution in [3.63, 3.8) is 0 Å². The minimum absolute atomic E-state index is 0.0133. The zero-order chi connectivity index (χ0) is 15.9. The fraction of sp³-hybridized carbons (Fsp3) is 0.188. The van der Waals surface area contributed by atoms with E-state index in [9.17, 15) is 18.7 Å². The number of rotatable bonds is 5. The molecule has 2 rings (SSSR count). The average molecular weight is 306 g/mol. The van der Waals surface area contributed by atoms with Crippen LogP contribution in [0.1, 0.15) is 17.2 Å². The van der Waals surface area contributed by atoms with Crippen molar-refractivity contribution in [3.05, 3.63) is 71.3 Å². The van der Waals surface area contributed by atoms with Gasteiger partial charge in [0.1, 0.15) is 11.6 Å². The van der Waals surface area contributed by atoms with Gasteiger partial charge in [-0.15, -0.1) is 0 Å². The van der Waals surface area contributed by atoms with E-state index in [1.807, 2.05) is 0 Å². The number of urea groups is 1. The Hall–Kier alpha value is -2.47. The van der Waals surface area contributed by atoms with Crippen molar-refractivity contribution in [3.8, 4) is 0 Å². The van der Waals surface area contributed by atoms with Crippen LogP contribution < -0.4 is 10.6 Å². The van der Waals surface area contributed by atoms with E-state index >= 15 is 0 Å². The second-order valence-electron chi connectivity index (χ2n) is 4.76. The quantitative estimate of drug-likeness (QED) is 0.795. The number of aliphatic hydroxyl groups is 1. The highest BCUT2D eigenvalue weighted by molar-refractivity contribution is 5.73. The molecule has 0 bridgehead atoms. The monoisotopic (exact) mass is 306 g/mol. The molecule has 116 valence electrons. The molecule has 0 radical (unpaired) electrons. The molecule has 22 heavy (non-hydrogen) atoms. The molecular formula is C16H16F2N2O2. The third kappa shape index (κ3) is 4.82. The Morgan fingerprint density at radius 2 is 1.77 bits per heavy atom. The smallest absolute Gasteiger partial charge is 0.315 e. The lowest BCUT2D eigenvalue weighted by molar-refractivity contribution is 0.173. The van der Waals surface area contributed by atoms with E-state index < -0.39 is 18.0 Å². The van der Waals surface area contributed by atoms with Crippen LogP contribution in [0.25, 0.3) is 0 Å². The lowest BCUT2D eigenvalue weighted by Crippen LogP contribution is -2.37. The molecule has 0 fully saturated rings. The fourth-order valence-corrected chi connectivity index (χ4v) is 1.88. The van der Waals surface area contributed by atoms with Crippen LogP contribution in [0.3, 0.4) is 0 Å². The predicted octanol–water partition coefficient (Wildman–Crippen LogP) is 2.50. The maximum absolute atomic E-state index is 13.0. The van der Waals surface area contributed by atoms with Crippen molar-refractivity contribution in [1.82, 2.24) is 10.6 Å². The number of hydrogen-bond acceptors (Lipinski definition) is 2. The number of aliphatic hydroxyl groups excluding tert-OH is 1. The van der Waals surface area contributed by atoms with Crippen molar-refractivity contribution >= 4 is 6.03 Å². The summed E-state index contributed by atoms with van der Waals surface area (Å²) in [5.74, 6) is -0.761. The molecule has 0 heterocycles. The van der Waals surface area contributed by atoms with Crippen LogP contribution in [0.4, 0.5) is 13.6 Å². The summed E-state index contributed by atoms with van der Waals surface area (Å²) in [6.07, 6.45) is -0.930. The summed E-state index contributed by atoms with van der Waals surface area (Å²) >= 11 is 0. The number of carbonyl (C=O) groups is 1. The van der Waals surface area contributed by atoms with Crippen LogP contribution >= 0.6 is 0 Å². The van der Waals surface area contributed by atoms with E-state index in [0.29, 0.717) is 11.1 Å². The van der Waals surface area contributed by atoms with Gasteiger partial charge in [-0.25, -0.2) is 13.6 Å². The van der Waals surface area contributed by atoms with E-state index in [4.69, 9.17) is 0 Å². The first-order chi connectivity index (χ1) is 10.5. The Bertz CT molecular complexity index is 632. The number of halogens is 2. The van der Waals surface area contributed by atoms with Gasteiger partial charge in [-0.05, 0) is 35.4 Å². The van der Waals surface area contributed by atoms with Crippen molar-refractivity contribution < 1.29 is 18.7 Å². The Labute approximate surface area is 126 Å². The second-order valence-corrected chi connectivity index (χ2v) is 4.76. The number of benzene rings is 2. The van der Waals surface area contributed by atoms with Gasteiger partial charge in [-0.3, -0.25) is 0 Å². The van der Waals surface area contributed by atoms with Gasteiger partial charge in [0.05, 0.1) is 6.10 Å². The molecule has 2 aromatic carbocycles. The molecule has 0 aromatic heterocycles. The Morgan fingerprint density at radius 1 is 1.05 bits per heavy atom. The molecule has 0 saturated heterocycles. The van der Waals surface area contributed by atoms with Gasteiger partial charge in [0.2, 0.25) is 0 Å². The van der Waals surface area contributed by atoms with E-state index in [1.165, 1.54) is 36.4 Å². The molecule has 0 saturated carbocycles. The van der Waals surface area contributed by atoms with Crippen molar-refractivity contribution in [2.24, 2.45) is 0 Å². The molecule has 3 N–H and O–H groups in total. The molecule has 1 unspecified atom stereocenters. The number of hydrogen-bond donors (Lipinski definition) is 3. The Kier molecular flexibility index (Phi) is 5.43. The molecule has 0 aliphatic rings. The minimum atomic E-state index is -0.930. The standard InChI is InChI=1S/C16H16F2N2O2/c17-13-6-4-12(5-7-13)15(21)10-20-16(22)19-9-11-2-1-3-14(18)8-11/h1-8,15,21H,9-10H2,(H2,19,20,22). The third-order valence-corrected chi connectivity index (χ3v) is 3.05. The number of amides is 2. The van der Waals surface area contributed by atoms with Gasteiger partial charge in [-0.1, -0.05) is 24.3 Å².